The van der Waals surface area contributed by atoms with E-state index >= 15 is 0 Å². The molecule has 2 aromatic rings. The van der Waals surface area contributed by atoms with E-state index < -0.39 is 41.9 Å². The second-order valence-corrected chi connectivity index (χ2v) is 11.9. The Hall–Kier alpha value is -4.21. The van der Waals surface area contributed by atoms with Crippen LogP contribution in [0.4, 0.5) is 26.7 Å². The number of imide groups is 1. The van der Waals surface area contributed by atoms with Crippen LogP contribution in [0.25, 0.3) is 0 Å². The van der Waals surface area contributed by atoms with Crippen molar-refractivity contribution in [3.63, 3.8) is 0 Å². The molecule has 2 saturated carbocycles. The summed E-state index contributed by atoms with van der Waals surface area (Å²) in [6.07, 6.45) is 9.80. The molecule has 1 aliphatic heterocycles. The van der Waals surface area contributed by atoms with Gasteiger partial charge in [0.25, 0.3) is 0 Å². The molecule has 2 fully saturated rings. The number of aldehydes is 1. The molecule has 1 unspecified atom stereocenters. The van der Waals surface area contributed by atoms with Crippen LogP contribution >= 0.6 is 0 Å². The van der Waals surface area contributed by atoms with Crippen molar-refractivity contribution in [2.45, 2.75) is 83.2 Å². The molecule has 1 atom stereocenters. The SMILES string of the molecule is CC1(C(C=O)N2C(=O)N(CC(=O)Nc3cccc(C(=O)O)c3)C(=O)N(C3CCCCC3)c3ccccc32)CCCCC1. The van der Waals surface area contributed by atoms with E-state index in [0.717, 1.165) is 75.4 Å². The minimum Gasteiger partial charge on any atom is -0.478 e. The average Bonchev–Trinajstić information content (AvgIpc) is 3.07. The molecule has 42 heavy (non-hydrogen) atoms. The largest absolute Gasteiger partial charge is 0.478 e. The number of nitrogens with one attached hydrogen (secondary N) is 1. The number of carboxylic acids is 1. The highest BCUT2D eigenvalue weighted by atomic mass is 16.4. The maximum absolute atomic E-state index is 14.5. The number of carbonyl (C=O) groups excluding carboxylic acids is 4. The number of urea groups is 2. The summed E-state index contributed by atoms with van der Waals surface area (Å²) in [6.45, 7) is 1.43. The van der Waals surface area contributed by atoms with E-state index in [0.29, 0.717) is 11.4 Å². The normalized spacial score (nSPS) is 20.0. The number of hydrogen-bond acceptors (Lipinski definition) is 5. The van der Waals surface area contributed by atoms with Gasteiger partial charge < -0.3 is 15.2 Å². The monoisotopic (exact) mass is 574 g/mol. The third kappa shape index (κ3) is 5.75. The predicted molar refractivity (Wildman–Crippen MR) is 159 cm³/mol. The molecule has 0 radical (unpaired) electrons. The molecule has 0 aromatic heterocycles. The standard InChI is InChI=1S/C32H38N4O6/c1-32(17-8-3-9-18-32)27(21-37)36-26-16-7-6-15-25(26)35(24-13-4-2-5-14-24)30(41)34(31(36)42)20-28(38)33-23-12-10-11-22(19-23)29(39)40/h6-7,10-12,15-16,19,21,24,27H,2-5,8-9,13-14,17-18,20H2,1H3,(H,33,38)(H,39,40). The highest BCUT2D eigenvalue weighted by Crippen LogP contribution is 2.45. The molecule has 10 heteroatoms. The number of hydrogen-bond donors (Lipinski definition) is 2. The fourth-order valence-corrected chi connectivity index (χ4v) is 6.78. The van der Waals surface area contributed by atoms with Crippen molar-refractivity contribution in [1.29, 1.82) is 0 Å². The number of carbonyl (C=O) groups is 5. The van der Waals surface area contributed by atoms with Gasteiger partial charge in [-0.2, -0.15) is 0 Å². The van der Waals surface area contributed by atoms with E-state index in [1.807, 2.05) is 19.1 Å². The Kier molecular flexibility index (Phi) is 8.61. The Labute approximate surface area is 245 Å². The van der Waals surface area contributed by atoms with Crippen LogP contribution in [0.1, 0.15) is 81.5 Å². The van der Waals surface area contributed by atoms with Gasteiger partial charge in [0.1, 0.15) is 12.8 Å². The minimum atomic E-state index is -1.14. The van der Waals surface area contributed by atoms with Gasteiger partial charge in [-0.05, 0) is 61.4 Å². The molecular weight excluding hydrogens is 536 g/mol. The van der Waals surface area contributed by atoms with E-state index in [-0.39, 0.29) is 17.3 Å². The zero-order chi connectivity index (χ0) is 29.9. The lowest BCUT2D eigenvalue weighted by atomic mass is 9.70. The summed E-state index contributed by atoms with van der Waals surface area (Å²) in [5, 5.41) is 12.0. The van der Waals surface area contributed by atoms with Crippen molar-refractivity contribution >= 4 is 47.3 Å². The number of nitrogens with zero attached hydrogens (tertiary/aromatic N) is 3. The third-order valence-electron chi connectivity index (χ3n) is 9.03. The van der Waals surface area contributed by atoms with Gasteiger partial charge in [0.2, 0.25) is 5.91 Å². The van der Waals surface area contributed by atoms with Crippen molar-refractivity contribution in [2.75, 3.05) is 21.7 Å². The topological polar surface area (TPSA) is 127 Å². The summed E-state index contributed by atoms with van der Waals surface area (Å²) in [6, 6.07) is 10.7. The molecule has 2 aromatic carbocycles. The van der Waals surface area contributed by atoms with Crippen molar-refractivity contribution in [3.05, 3.63) is 54.1 Å². The Morgan fingerprint density at radius 1 is 0.952 bits per heavy atom. The van der Waals surface area contributed by atoms with Gasteiger partial charge in [-0.25, -0.2) is 19.3 Å². The molecule has 10 nitrogen and oxygen atoms in total. The van der Waals surface area contributed by atoms with Gasteiger partial charge in [0.05, 0.1) is 23.0 Å². The molecule has 5 amide bonds. The van der Waals surface area contributed by atoms with E-state index in [9.17, 15) is 29.1 Å². The van der Waals surface area contributed by atoms with Gasteiger partial charge in [-0.1, -0.05) is 63.6 Å². The second-order valence-electron chi connectivity index (χ2n) is 11.9. The lowest BCUT2D eigenvalue weighted by Crippen LogP contribution is -2.58. The Bertz CT molecular complexity index is 1360. The first-order valence-corrected chi connectivity index (χ1v) is 14.8. The zero-order valence-electron chi connectivity index (χ0n) is 24.0. The van der Waals surface area contributed by atoms with Crippen LogP contribution in [0, 0.1) is 5.41 Å². The quantitative estimate of drug-likeness (QED) is 0.369. The van der Waals surface area contributed by atoms with Crippen LogP contribution in [0.2, 0.25) is 0 Å². The minimum absolute atomic E-state index is 0.00521. The Morgan fingerprint density at radius 3 is 2.29 bits per heavy atom. The number of benzene rings is 2. The molecule has 0 bridgehead atoms. The molecule has 2 N–H and O–H groups in total. The first kappa shape index (κ1) is 29.3. The first-order chi connectivity index (χ1) is 20.2. The Morgan fingerprint density at radius 2 is 1.62 bits per heavy atom. The number of fused-ring (bicyclic) bond motifs is 1. The van der Waals surface area contributed by atoms with Crippen molar-refractivity contribution in [3.8, 4) is 0 Å². The van der Waals surface area contributed by atoms with Crippen LogP contribution in [0.15, 0.2) is 48.5 Å². The maximum atomic E-state index is 14.5. The van der Waals surface area contributed by atoms with Crippen molar-refractivity contribution in [2.24, 2.45) is 5.41 Å². The van der Waals surface area contributed by atoms with Crippen LogP contribution in [-0.4, -0.2) is 58.9 Å². The number of aromatic carboxylic acids is 1. The number of carboxylic acid groups (broad SMARTS) is 1. The smallest absolute Gasteiger partial charge is 0.335 e. The van der Waals surface area contributed by atoms with Gasteiger partial charge in [0, 0.05) is 11.7 Å². The average molecular weight is 575 g/mol. The first-order valence-electron chi connectivity index (χ1n) is 14.8. The van der Waals surface area contributed by atoms with E-state index in [1.54, 1.807) is 23.1 Å². The van der Waals surface area contributed by atoms with E-state index in [1.165, 1.54) is 23.1 Å². The molecule has 2 aliphatic carbocycles. The molecule has 0 saturated heterocycles. The maximum Gasteiger partial charge on any atom is 0.335 e. The summed E-state index contributed by atoms with van der Waals surface area (Å²) in [4.78, 5) is 70.4. The molecule has 1 heterocycles. The van der Waals surface area contributed by atoms with E-state index in [2.05, 4.69) is 5.32 Å². The molecule has 0 spiro atoms. The van der Waals surface area contributed by atoms with Crippen molar-refractivity contribution < 1.29 is 29.1 Å². The van der Waals surface area contributed by atoms with Crippen LogP contribution in [-0.2, 0) is 9.59 Å². The predicted octanol–water partition coefficient (Wildman–Crippen LogP) is 6.06. The zero-order valence-corrected chi connectivity index (χ0v) is 24.0. The van der Waals surface area contributed by atoms with Gasteiger partial charge in [-0.3, -0.25) is 14.6 Å². The summed E-state index contributed by atoms with van der Waals surface area (Å²) in [5.41, 5.74) is 0.791. The second kappa shape index (κ2) is 12.3. The molecular formula is C32H38N4O6. The highest BCUT2D eigenvalue weighted by Gasteiger charge is 2.48. The Balaban J connectivity index is 1.55. The van der Waals surface area contributed by atoms with E-state index in [4.69, 9.17) is 0 Å². The van der Waals surface area contributed by atoms with Crippen LogP contribution < -0.4 is 15.1 Å². The number of para-hydroxylation sites is 2. The van der Waals surface area contributed by atoms with Gasteiger partial charge in [-0.15, -0.1) is 0 Å². The fourth-order valence-electron chi connectivity index (χ4n) is 6.78. The summed E-state index contributed by atoms with van der Waals surface area (Å²) < 4.78 is 0. The van der Waals surface area contributed by atoms with Gasteiger partial charge >= 0.3 is 18.0 Å². The molecule has 3 aliphatic rings. The number of anilines is 3. The highest BCUT2D eigenvalue weighted by molar-refractivity contribution is 6.16. The van der Waals surface area contributed by atoms with Crippen LogP contribution in [0.5, 0.6) is 0 Å². The molecule has 5 rings (SSSR count). The fraction of sp³-hybridized carbons (Fsp3) is 0.469. The third-order valence-corrected chi connectivity index (χ3v) is 9.03. The lowest BCUT2D eigenvalue weighted by Gasteiger charge is -2.43. The number of amides is 5. The lowest BCUT2D eigenvalue weighted by molar-refractivity contribution is -0.116. The number of rotatable bonds is 8. The summed E-state index contributed by atoms with van der Waals surface area (Å²) >= 11 is 0. The summed E-state index contributed by atoms with van der Waals surface area (Å²) in [7, 11) is 0. The summed E-state index contributed by atoms with van der Waals surface area (Å²) in [5.74, 6) is -1.79. The van der Waals surface area contributed by atoms with Gasteiger partial charge in [0.15, 0.2) is 0 Å². The van der Waals surface area contributed by atoms with Crippen molar-refractivity contribution in [1.82, 2.24) is 4.90 Å². The molecule has 222 valence electrons. The van der Waals surface area contributed by atoms with Crippen LogP contribution in [0.3, 0.4) is 0 Å².